The maximum absolute atomic E-state index is 12.3. The summed E-state index contributed by atoms with van der Waals surface area (Å²) in [6, 6.07) is 17.1. The maximum atomic E-state index is 12.3. The highest BCUT2D eigenvalue weighted by Gasteiger charge is 2.19. The Labute approximate surface area is 158 Å². The molecule has 1 heterocycles. The van der Waals surface area contributed by atoms with Crippen molar-refractivity contribution in [1.82, 2.24) is 10.1 Å². The SMILES string of the molecule is C[C@@H](Oc1ccc(C(C)(C)C)cc1)C(=O)Nc1noc(-c2ccccc2)n1. The number of carbonyl (C=O) groups excluding carboxylic acids is 1. The van der Waals surface area contributed by atoms with E-state index in [1.165, 1.54) is 5.56 Å². The number of nitrogens with one attached hydrogen (secondary N) is 1. The number of rotatable bonds is 5. The Hall–Kier alpha value is -3.15. The summed E-state index contributed by atoms with van der Waals surface area (Å²) in [6.45, 7) is 8.11. The van der Waals surface area contributed by atoms with Crippen LogP contribution in [-0.4, -0.2) is 22.2 Å². The Kier molecular flexibility index (Phi) is 5.26. The van der Waals surface area contributed by atoms with Crippen molar-refractivity contribution in [2.45, 2.75) is 39.2 Å². The number of nitrogens with zero attached hydrogens (tertiary/aromatic N) is 2. The fourth-order valence-corrected chi connectivity index (χ4v) is 2.48. The molecule has 0 unspecified atom stereocenters. The number of benzene rings is 2. The Morgan fingerprint density at radius 3 is 2.37 bits per heavy atom. The predicted octanol–water partition coefficient (Wildman–Crippen LogP) is 4.44. The number of hydrogen-bond donors (Lipinski definition) is 1. The zero-order chi connectivity index (χ0) is 19.4. The fourth-order valence-electron chi connectivity index (χ4n) is 2.48. The van der Waals surface area contributed by atoms with Crippen LogP contribution in [0.5, 0.6) is 5.75 Å². The van der Waals surface area contributed by atoms with Crippen molar-refractivity contribution >= 4 is 11.9 Å². The second-order valence-electron chi connectivity index (χ2n) is 7.31. The van der Waals surface area contributed by atoms with E-state index in [9.17, 15) is 4.79 Å². The minimum Gasteiger partial charge on any atom is -0.481 e. The van der Waals surface area contributed by atoms with Crippen molar-refractivity contribution in [2.24, 2.45) is 0 Å². The smallest absolute Gasteiger partial charge is 0.270 e. The molecule has 6 heteroatoms. The van der Waals surface area contributed by atoms with Gasteiger partial charge in [0.2, 0.25) is 0 Å². The molecule has 1 aromatic heterocycles. The molecule has 0 aliphatic rings. The van der Waals surface area contributed by atoms with Gasteiger partial charge in [0, 0.05) is 5.56 Å². The number of aromatic nitrogens is 2. The van der Waals surface area contributed by atoms with Crippen molar-refractivity contribution in [2.75, 3.05) is 5.32 Å². The van der Waals surface area contributed by atoms with Crippen LogP contribution in [0.3, 0.4) is 0 Å². The molecular formula is C21H23N3O3. The van der Waals surface area contributed by atoms with Gasteiger partial charge in [-0.1, -0.05) is 51.1 Å². The van der Waals surface area contributed by atoms with Gasteiger partial charge in [-0.15, -0.1) is 0 Å². The van der Waals surface area contributed by atoms with Crippen LogP contribution in [0.4, 0.5) is 5.95 Å². The summed E-state index contributed by atoms with van der Waals surface area (Å²) in [5.74, 6) is 0.730. The lowest BCUT2D eigenvalue weighted by molar-refractivity contribution is -0.122. The first-order valence-corrected chi connectivity index (χ1v) is 8.80. The molecule has 0 spiro atoms. The van der Waals surface area contributed by atoms with Gasteiger partial charge in [-0.05, 0) is 47.3 Å². The summed E-state index contributed by atoms with van der Waals surface area (Å²) in [6.07, 6.45) is -0.704. The van der Waals surface area contributed by atoms with Gasteiger partial charge in [-0.2, -0.15) is 4.98 Å². The van der Waals surface area contributed by atoms with E-state index in [1.807, 2.05) is 54.6 Å². The molecule has 0 aliphatic heterocycles. The van der Waals surface area contributed by atoms with Crippen LogP contribution in [0.2, 0.25) is 0 Å². The average Bonchev–Trinajstić information content (AvgIpc) is 3.10. The van der Waals surface area contributed by atoms with Crippen molar-refractivity contribution in [1.29, 1.82) is 0 Å². The van der Waals surface area contributed by atoms with Crippen LogP contribution in [0.15, 0.2) is 59.1 Å². The summed E-state index contributed by atoms with van der Waals surface area (Å²) in [5, 5.41) is 6.39. The maximum Gasteiger partial charge on any atom is 0.270 e. The standard InChI is InChI=1S/C21H23N3O3/c1-14(26-17-12-10-16(11-13-17)21(2,3)4)18(25)22-20-23-19(27-24-20)15-8-6-5-7-9-15/h5-14H,1-4H3,(H,22,24,25)/t14-/m1/s1. The highest BCUT2D eigenvalue weighted by molar-refractivity contribution is 5.92. The molecule has 0 saturated heterocycles. The first-order chi connectivity index (χ1) is 12.8. The minimum absolute atomic E-state index is 0.0661. The monoisotopic (exact) mass is 365 g/mol. The molecule has 6 nitrogen and oxygen atoms in total. The predicted molar refractivity (Wildman–Crippen MR) is 104 cm³/mol. The van der Waals surface area contributed by atoms with E-state index in [1.54, 1.807) is 6.92 Å². The quantitative estimate of drug-likeness (QED) is 0.723. The lowest BCUT2D eigenvalue weighted by Crippen LogP contribution is -2.30. The summed E-state index contributed by atoms with van der Waals surface area (Å²) >= 11 is 0. The molecule has 1 N–H and O–H groups in total. The van der Waals surface area contributed by atoms with Gasteiger partial charge >= 0.3 is 0 Å². The molecule has 0 fully saturated rings. The highest BCUT2D eigenvalue weighted by Crippen LogP contribution is 2.25. The molecule has 2 aromatic carbocycles. The zero-order valence-electron chi connectivity index (χ0n) is 15.9. The van der Waals surface area contributed by atoms with Gasteiger partial charge in [0.1, 0.15) is 5.75 Å². The largest absolute Gasteiger partial charge is 0.481 e. The number of hydrogen-bond acceptors (Lipinski definition) is 5. The zero-order valence-corrected chi connectivity index (χ0v) is 15.9. The first-order valence-electron chi connectivity index (χ1n) is 8.80. The Morgan fingerprint density at radius 1 is 1.07 bits per heavy atom. The van der Waals surface area contributed by atoms with Crippen LogP contribution in [0.25, 0.3) is 11.5 Å². The van der Waals surface area contributed by atoms with Crippen molar-refractivity contribution in [3.05, 3.63) is 60.2 Å². The Bertz CT molecular complexity index is 896. The molecule has 0 radical (unpaired) electrons. The van der Waals surface area contributed by atoms with Gasteiger partial charge in [0.05, 0.1) is 0 Å². The van der Waals surface area contributed by atoms with Crippen LogP contribution in [0.1, 0.15) is 33.3 Å². The summed E-state index contributed by atoms with van der Waals surface area (Å²) in [5.41, 5.74) is 2.05. The van der Waals surface area contributed by atoms with Crippen LogP contribution in [0, 0.1) is 0 Å². The number of anilines is 1. The van der Waals surface area contributed by atoms with E-state index in [0.717, 1.165) is 5.56 Å². The highest BCUT2D eigenvalue weighted by atomic mass is 16.5. The Morgan fingerprint density at radius 2 is 1.74 bits per heavy atom. The molecule has 140 valence electrons. The van der Waals surface area contributed by atoms with Gasteiger partial charge in [-0.25, -0.2) is 0 Å². The van der Waals surface area contributed by atoms with Crippen LogP contribution in [-0.2, 0) is 10.2 Å². The van der Waals surface area contributed by atoms with Gasteiger partial charge in [-0.3, -0.25) is 10.1 Å². The summed E-state index contributed by atoms with van der Waals surface area (Å²) in [4.78, 5) is 16.5. The normalized spacial score (nSPS) is 12.4. The lowest BCUT2D eigenvalue weighted by Gasteiger charge is -2.20. The van der Waals surface area contributed by atoms with E-state index in [4.69, 9.17) is 9.26 Å². The third kappa shape index (κ3) is 4.73. The summed E-state index contributed by atoms with van der Waals surface area (Å²) < 4.78 is 10.9. The lowest BCUT2D eigenvalue weighted by atomic mass is 9.87. The number of carbonyl (C=O) groups is 1. The molecule has 0 bridgehead atoms. The second kappa shape index (κ2) is 7.61. The van der Waals surface area contributed by atoms with Gasteiger partial charge in [0.15, 0.2) is 6.10 Å². The van der Waals surface area contributed by atoms with E-state index < -0.39 is 6.10 Å². The Balaban J connectivity index is 1.60. The van der Waals surface area contributed by atoms with Crippen molar-refractivity contribution < 1.29 is 14.1 Å². The molecule has 1 amide bonds. The van der Waals surface area contributed by atoms with Crippen LogP contribution >= 0.6 is 0 Å². The fraction of sp³-hybridized carbons (Fsp3) is 0.286. The van der Waals surface area contributed by atoms with E-state index in [2.05, 4.69) is 36.2 Å². The van der Waals surface area contributed by atoms with E-state index in [0.29, 0.717) is 11.6 Å². The van der Waals surface area contributed by atoms with Crippen molar-refractivity contribution in [3.63, 3.8) is 0 Å². The van der Waals surface area contributed by atoms with Crippen molar-refractivity contribution in [3.8, 4) is 17.2 Å². The molecule has 1 atom stereocenters. The second-order valence-corrected chi connectivity index (χ2v) is 7.31. The third-order valence-corrected chi connectivity index (χ3v) is 4.08. The molecule has 3 aromatic rings. The minimum atomic E-state index is -0.704. The molecule has 0 saturated carbocycles. The molecular weight excluding hydrogens is 342 g/mol. The molecule has 3 rings (SSSR count). The third-order valence-electron chi connectivity index (χ3n) is 4.08. The van der Waals surface area contributed by atoms with E-state index >= 15 is 0 Å². The summed E-state index contributed by atoms with van der Waals surface area (Å²) in [7, 11) is 0. The number of ether oxygens (including phenoxy) is 1. The van der Waals surface area contributed by atoms with Gasteiger partial charge < -0.3 is 9.26 Å². The molecule has 0 aliphatic carbocycles. The number of amides is 1. The first kappa shape index (κ1) is 18.6. The van der Waals surface area contributed by atoms with E-state index in [-0.39, 0.29) is 17.3 Å². The topological polar surface area (TPSA) is 77.2 Å². The van der Waals surface area contributed by atoms with Crippen LogP contribution < -0.4 is 10.1 Å². The average molecular weight is 365 g/mol. The van der Waals surface area contributed by atoms with Gasteiger partial charge in [0.25, 0.3) is 17.7 Å². The molecule has 27 heavy (non-hydrogen) atoms.